The number of aliphatic hydroxyl groups is 1. The monoisotopic (exact) mass is 389 g/mol. The molecule has 8 heteroatoms. The minimum absolute atomic E-state index is 0.179. The molecule has 1 aliphatic rings. The number of amides is 1. The molecule has 2 aromatic carbocycles. The fourth-order valence-corrected chi connectivity index (χ4v) is 2.98. The van der Waals surface area contributed by atoms with Crippen LogP contribution in [-0.2, 0) is 0 Å². The van der Waals surface area contributed by atoms with Gasteiger partial charge in [0.25, 0.3) is 5.91 Å². The summed E-state index contributed by atoms with van der Waals surface area (Å²) in [6, 6.07) is 8.51. The van der Waals surface area contributed by atoms with Gasteiger partial charge < -0.3 is 34.1 Å². The third-order valence-electron chi connectivity index (χ3n) is 4.43. The lowest BCUT2D eigenvalue weighted by atomic mass is 10.1. The molecule has 0 radical (unpaired) electrons. The molecule has 1 amide bonds. The number of carbonyl (C=O) groups excluding carboxylic acids is 1. The van der Waals surface area contributed by atoms with Crippen molar-refractivity contribution in [2.45, 2.75) is 12.5 Å². The number of aliphatic hydroxyl groups excluding tert-OH is 1. The molecule has 2 aromatic rings. The molecule has 150 valence electrons. The first-order valence-electron chi connectivity index (χ1n) is 8.73. The lowest BCUT2D eigenvalue weighted by Gasteiger charge is -2.16. The molecule has 0 saturated heterocycles. The minimum Gasteiger partial charge on any atom is -0.493 e. The Hall–Kier alpha value is -3.13. The van der Waals surface area contributed by atoms with Crippen LogP contribution in [0.2, 0.25) is 0 Å². The highest BCUT2D eigenvalue weighted by Gasteiger charge is 2.21. The van der Waals surface area contributed by atoms with Crippen molar-refractivity contribution in [2.24, 2.45) is 0 Å². The van der Waals surface area contributed by atoms with Crippen LogP contribution < -0.4 is 29.0 Å². The summed E-state index contributed by atoms with van der Waals surface area (Å²) in [5.74, 6) is 2.03. The lowest BCUT2D eigenvalue weighted by molar-refractivity contribution is 0.0938. The number of fused-ring (bicyclic) bond motifs is 1. The lowest BCUT2D eigenvalue weighted by Crippen LogP contribution is -2.26. The normalized spacial score (nSPS) is 13.0. The van der Waals surface area contributed by atoms with Gasteiger partial charge in [-0.05, 0) is 36.2 Å². The van der Waals surface area contributed by atoms with Gasteiger partial charge in [0.05, 0.1) is 33.0 Å². The van der Waals surface area contributed by atoms with E-state index in [-0.39, 0.29) is 25.0 Å². The molecule has 28 heavy (non-hydrogen) atoms. The molecule has 0 aliphatic carbocycles. The molecule has 1 heterocycles. The predicted octanol–water partition coefficient (Wildman–Crippen LogP) is 2.29. The van der Waals surface area contributed by atoms with Crippen molar-refractivity contribution in [1.29, 1.82) is 0 Å². The molecule has 0 spiro atoms. The van der Waals surface area contributed by atoms with Gasteiger partial charge in [-0.15, -0.1) is 0 Å². The summed E-state index contributed by atoms with van der Waals surface area (Å²) in [5, 5.41) is 13.2. The largest absolute Gasteiger partial charge is 0.493 e. The summed E-state index contributed by atoms with van der Waals surface area (Å²) in [4.78, 5) is 12.6. The van der Waals surface area contributed by atoms with Gasteiger partial charge in [0.2, 0.25) is 12.5 Å². The van der Waals surface area contributed by atoms with Crippen molar-refractivity contribution in [3.63, 3.8) is 0 Å². The number of nitrogens with one attached hydrogen (secondary N) is 1. The second kappa shape index (κ2) is 8.71. The molecule has 0 saturated carbocycles. The van der Waals surface area contributed by atoms with Crippen LogP contribution in [-0.4, -0.2) is 45.7 Å². The Morgan fingerprint density at radius 3 is 2.54 bits per heavy atom. The van der Waals surface area contributed by atoms with Crippen molar-refractivity contribution in [3.8, 4) is 28.7 Å². The first kappa shape index (κ1) is 19.6. The highest BCUT2D eigenvalue weighted by molar-refractivity contribution is 5.98. The highest BCUT2D eigenvalue weighted by Crippen LogP contribution is 2.39. The molecule has 0 fully saturated rings. The maximum absolute atomic E-state index is 12.6. The molecule has 3 rings (SSSR count). The number of hydrogen-bond acceptors (Lipinski definition) is 7. The number of benzene rings is 2. The van der Waals surface area contributed by atoms with Gasteiger partial charge in [0.15, 0.2) is 23.0 Å². The van der Waals surface area contributed by atoms with E-state index in [4.69, 9.17) is 23.7 Å². The molecular formula is C20H23NO7. The zero-order valence-electron chi connectivity index (χ0n) is 16.0. The Morgan fingerprint density at radius 2 is 1.82 bits per heavy atom. The minimum atomic E-state index is -0.748. The summed E-state index contributed by atoms with van der Waals surface area (Å²) in [7, 11) is 4.44. The molecule has 2 N–H and O–H groups in total. The van der Waals surface area contributed by atoms with E-state index in [0.29, 0.717) is 40.5 Å². The second-order valence-electron chi connectivity index (χ2n) is 6.05. The first-order valence-corrected chi connectivity index (χ1v) is 8.73. The van der Waals surface area contributed by atoms with Crippen LogP contribution in [0.25, 0.3) is 0 Å². The zero-order chi connectivity index (χ0) is 20.1. The maximum atomic E-state index is 12.6. The molecule has 0 bridgehead atoms. The molecule has 0 aromatic heterocycles. The van der Waals surface area contributed by atoms with Gasteiger partial charge in [-0.25, -0.2) is 0 Å². The van der Waals surface area contributed by atoms with Gasteiger partial charge in [0.1, 0.15) is 0 Å². The summed E-state index contributed by atoms with van der Waals surface area (Å²) >= 11 is 0. The van der Waals surface area contributed by atoms with Gasteiger partial charge in [0, 0.05) is 6.54 Å². The van der Waals surface area contributed by atoms with Crippen LogP contribution in [0.4, 0.5) is 0 Å². The first-order chi connectivity index (χ1) is 13.6. The fourth-order valence-electron chi connectivity index (χ4n) is 2.98. The van der Waals surface area contributed by atoms with Gasteiger partial charge in [-0.3, -0.25) is 4.79 Å². The number of carbonyl (C=O) groups is 1. The van der Waals surface area contributed by atoms with Gasteiger partial charge >= 0.3 is 0 Å². The van der Waals surface area contributed by atoms with Gasteiger partial charge in [-0.1, -0.05) is 6.07 Å². The van der Waals surface area contributed by atoms with E-state index in [1.807, 2.05) is 0 Å². The number of methoxy groups -OCH3 is 3. The second-order valence-corrected chi connectivity index (χ2v) is 6.05. The van der Waals surface area contributed by atoms with E-state index >= 15 is 0 Å². The van der Waals surface area contributed by atoms with E-state index in [0.717, 1.165) is 0 Å². The van der Waals surface area contributed by atoms with E-state index in [2.05, 4.69) is 5.32 Å². The summed E-state index contributed by atoms with van der Waals surface area (Å²) in [5.41, 5.74) is 1.01. The van der Waals surface area contributed by atoms with Gasteiger partial charge in [-0.2, -0.15) is 0 Å². The average Bonchev–Trinajstić information content (AvgIpc) is 3.19. The van der Waals surface area contributed by atoms with Crippen LogP contribution in [0.15, 0.2) is 30.3 Å². The Kier molecular flexibility index (Phi) is 6.10. The smallest absolute Gasteiger partial charge is 0.255 e. The molecular weight excluding hydrogens is 366 g/mol. The van der Waals surface area contributed by atoms with Crippen LogP contribution in [0.5, 0.6) is 28.7 Å². The Balaban J connectivity index is 1.63. The predicted molar refractivity (Wildman–Crippen MR) is 101 cm³/mol. The third kappa shape index (κ3) is 3.91. The van der Waals surface area contributed by atoms with Crippen molar-refractivity contribution >= 4 is 5.91 Å². The van der Waals surface area contributed by atoms with Crippen molar-refractivity contribution in [3.05, 3.63) is 41.5 Å². The number of hydrogen-bond donors (Lipinski definition) is 2. The molecule has 1 aliphatic heterocycles. The summed E-state index contributed by atoms with van der Waals surface area (Å²) in [6.45, 7) is 0.448. The summed E-state index contributed by atoms with van der Waals surface area (Å²) in [6.07, 6.45) is -0.414. The topological polar surface area (TPSA) is 95.5 Å². The van der Waals surface area contributed by atoms with E-state index < -0.39 is 6.10 Å². The Morgan fingerprint density at radius 1 is 1.07 bits per heavy atom. The third-order valence-corrected chi connectivity index (χ3v) is 4.43. The standard InChI is InChI=1S/C20H23NO7/c1-24-16-7-5-13(18(25-2)19(16)26-3)20(23)21-9-8-14(22)12-4-6-15-17(10-12)28-11-27-15/h4-7,10,14,22H,8-9,11H2,1-3H3,(H,21,23). The van der Waals surface area contributed by atoms with Crippen LogP contribution in [0.3, 0.4) is 0 Å². The van der Waals surface area contributed by atoms with Crippen LogP contribution in [0.1, 0.15) is 28.4 Å². The van der Waals surface area contributed by atoms with Crippen LogP contribution >= 0.6 is 0 Å². The SMILES string of the molecule is COc1ccc(C(=O)NCCC(O)c2ccc3c(c2)OCO3)c(OC)c1OC. The highest BCUT2D eigenvalue weighted by atomic mass is 16.7. The van der Waals surface area contributed by atoms with E-state index in [9.17, 15) is 9.90 Å². The summed E-state index contributed by atoms with van der Waals surface area (Å²) < 4.78 is 26.4. The zero-order valence-corrected chi connectivity index (χ0v) is 16.0. The maximum Gasteiger partial charge on any atom is 0.255 e. The van der Waals surface area contributed by atoms with Crippen molar-refractivity contribution < 1.29 is 33.6 Å². The molecule has 8 nitrogen and oxygen atoms in total. The van der Waals surface area contributed by atoms with Crippen molar-refractivity contribution in [2.75, 3.05) is 34.7 Å². The number of rotatable bonds is 8. The Labute approximate surface area is 162 Å². The van der Waals surface area contributed by atoms with Crippen molar-refractivity contribution in [1.82, 2.24) is 5.32 Å². The number of ether oxygens (including phenoxy) is 5. The molecule has 1 unspecified atom stereocenters. The van der Waals surface area contributed by atoms with Crippen LogP contribution in [0, 0.1) is 0 Å². The average molecular weight is 389 g/mol. The quantitative estimate of drug-likeness (QED) is 0.715. The Bertz CT molecular complexity index is 853. The van der Waals surface area contributed by atoms with E-state index in [1.165, 1.54) is 21.3 Å². The fraction of sp³-hybridized carbons (Fsp3) is 0.350. The van der Waals surface area contributed by atoms with E-state index in [1.54, 1.807) is 30.3 Å². The molecule has 1 atom stereocenters.